The minimum atomic E-state index is 0.0425. The first-order chi connectivity index (χ1) is 10.3. The van der Waals surface area contributed by atoms with E-state index in [9.17, 15) is 4.79 Å². The van der Waals surface area contributed by atoms with Crippen LogP contribution in [0.1, 0.15) is 49.5 Å². The topological polar surface area (TPSA) is 32.3 Å². The Bertz CT molecular complexity index is 517. The number of hydrogen-bond acceptors (Lipinski definition) is 2. The zero-order valence-corrected chi connectivity index (χ0v) is 14.2. The van der Waals surface area contributed by atoms with Gasteiger partial charge in [-0.15, -0.1) is 0 Å². The number of carbonyl (C=O) groups is 1. The number of nitrogens with zero attached hydrogens (tertiary/aromatic N) is 1. The second-order valence-electron chi connectivity index (χ2n) is 7.37. The van der Waals surface area contributed by atoms with Gasteiger partial charge < -0.3 is 10.2 Å². The van der Waals surface area contributed by atoms with Gasteiger partial charge in [0.25, 0.3) is 5.91 Å². The van der Waals surface area contributed by atoms with Gasteiger partial charge in [0, 0.05) is 11.6 Å². The predicted molar refractivity (Wildman–Crippen MR) is 92.9 cm³/mol. The summed E-state index contributed by atoms with van der Waals surface area (Å²) in [5.74, 6) is 0.0425. The highest BCUT2D eigenvalue weighted by Crippen LogP contribution is 2.17. The van der Waals surface area contributed by atoms with E-state index in [1.807, 2.05) is 24.3 Å². The maximum absolute atomic E-state index is 12.3. The van der Waals surface area contributed by atoms with Crippen molar-refractivity contribution in [1.29, 1.82) is 0 Å². The summed E-state index contributed by atoms with van der Waals surface area (Å²) in [6.07, 6.45) is 6.36. The Morgan fingerprint density at radius 1 is 1.18 bits per heavy atom. The average molecular weight is 300 g/mol. The van der Waals surface area contributed by atoms with Gasteiger partial charge in [-0.05, 0) is 56.1 Å². The molecular formula is C19H28N2O. The summed E-state index contributed by atoms with van der Waals surface area (Å²) in [5, 5.41) is 3.15. The van der Waals surface area contributed by atoms with Crippen molar-refractivity contribution < 1.29 is 4.79 Å². The molecule has 0 bridgehead atoms. The Balaban J connectivity index is 1.92. The van der Waals surface area contributed by atoms with Crippen LogP contribution in [0.25, 0.3) is 6.08 Å². The lowest BCUT2D eigenvalue weighted by Crippen LogP contribution is -2.43. The highest BCUT2D eigenvalue weighted by molar-refractivity contribution is 5.94. The standard InChI is InChI=1S/C19H28N2O/c1-19(2,3)12-9-15-5-7-16(8-6-15)18(22)20-17-10-13-21(4)14-11-17/h5-9,12,17H,10-11,13-14H2,1-4H3,(H,20,22). The molecule has 0 atom stereocenters. The third-order valence-corrected chi connectivity index (χ3v) is 4.00. The van der Waals surface area contributed by atoms with Crippen molar-refractivity contribution in [1.82, 2.24) is 10.2 Å². The van der Waals surface area contributed by atoms with E-state index in [1.54, 1.807) is 0 Å². The van der Waals surface area contributed by atoms with Gasteiger partial charge in [-0.3, -0.25) is 4.79 Å². The third kappa shape index (κ3) is 5.30. The number of carbonyl (C=O) groups excluding carboxylic acids is 1. The fraction of sp³-hybridized carbons (Fsp3) is 0.526. The average Bonchev–Trinajstić information content (AvgIpc) is 2.47. The molecule has 0 unspecified atom stereocenters. The van der Waals surface area contributed by atoms with Gasteiger partial charge in [-0.25, -0.2) is 0 Å². The smallest absolute Gasteiger partial charge is 0.251 e. The quantitative estimate of drug-likeness (QED) is 0.925. The molecule has 0 aliphatic carbocycles. The van der Waals surface area contributed by atoms with Crippen LogP contribution in [-0.4, -0.2) is 37.0 Å². The normalized spacial score (nSPS) is 17.8. The summed E-state index contributed by atoms with van der Waals surface area (Å²) < 4.78 is 0. The van der Waals surface area contributed by atoms with Crippen LogP contribution in [0.3, 0.4) is 0 Å². The van der Waals surface area contributed by atoms with Gasteiger partial charge in [0.2, 0.25) is 0 Å². The van der Waals surface area contributed by atoms with Crippen LogP contribution in [0, 0.1) is 5.41 Å². The molecule has 0 aromatic heterocycles. The molecule has 2 rings (SSSR count). The maximum Gasteiger partial charge on any atom is 0.251 e. The molecular weight excluding hydrogens is 272 g/mol. The molecule has 1 amide bonds. The molecule has 1 N–H and O–H groups in total. The van der Waals surface area contributed by atoms with Gasteiger partial charge in [0.15, 0.2) is 0 Å². The Morgan fingerprint density at radius 2 is 1.77 bits per heavy atom. The molecule has 1 aliphatic heterocycles. The number of nitrogens with one attached hydrogen (secondary N) is 1. The van der Waals surface area contributed by atoms with Crippen LogP contribution in [0.4, 0.5) is 0 Å². The van der Waals surface area contributed by atoms with Crippen LogP contribution in [-0.2, 0) is 0 Å². The van der Waals surface area contributed by atoms with Crippen molar-refractivity contribution >= 4 is 12.0 Å². The number of allylic oxidation sites excluding steroid dienone is 1. The molecule has 1 aromatic rings. The van der Waals surface area contributed by atoms with E-state index in [0.717, 1.165) is 37.1 Å². The molecule has 0 saturated carbocycles. The lowest BCUT2D eigenvalue weighted by atomic mass is 9.95. The Morgan fingerprint density at radius 3 is 2.32 bits per heavy atom. The van der Waals surface area contributed by atoms with Crippen LogP contribution in [0.5, 0.6) is 0 Å². The SMILES string of the molecule is CN1CCC(NC(=O)c2ccc(C=CC(C)(C)C)cc2)CC1. The van der Waals surface area contributed by atoms with Gasteiger partial charge in [0.05, 0.1) is 0 Å². The highest BCUT2D eigenvalue weighted by Gasteiger charge is 2.18. The minimum absolute atomic E-state index is 0.0425. The molecule has 1 aromatic carbocycles. The van der Waals surface area contributed by atoms with Crippen molar-refractivity contribution in [2.45, 2.75) is 39.7 Å². The van der Waals surface area contributed by atoms with E-state index in [1.165, 1.54) is 0 Å². The fourth-order valence-corrected chi connectivity index (χ4v) is 2.51. The van der Waals surface area contributed by atoms with Crippen LogP contribution in [0.15, 0.2) is 30.3 Å². The summed E-state index contributed by atoms with van der Waals surface area (Å²) >= 11 is 0. The van der Waals surface area contributed by atoms with Crippen molar-refractivity contribution in [2.75, 3.05) is 20.1 Å². The first kappa shape index (κ1) is 16.8. The second-order valence-corrected chi connectivity index (χ2v) is 7.37. The number of benzene rings is 1. The van der Waals surface area contributed by atoms with Gasteiger partial charge in [0.1, 0.15) is 0 Å². The highest BCUT2D eigenvalue weighted by atomic mass is 16.1. The summed E-state index contributed by atoms with van der Waals surface area (Å²) in [4.78, 5) is 14.6. The molecule has 22 heavy (non-hydrogen) atoms. The fourth-order valence-electron chi connectivity index (χ4n) is 2.51. The van der Waals surface area contributed by atoms with Crippen LogP contribution in [0.2, 0.25) is 0 Å². The van der Waals surface area contributed by atoms with Crippen molar-refractivity contribution in [3.05, 3.63) is 41.5 Å². The first-order valence-electron chi connectivity index (χ1n) is 8.12. The van der Waals surface area contributed by atoms with Crippen LogP contribution >= 0.6 is 0 Å². The van der Waals surface area contributed by atoms with E-state index in [4.69, 9.17) is 0 Å². The van der Waals surface area contributed by atoms with Crippen LogP contribution < -0.4 is 5.32 Å². The van der Waals surface area contributed by atoms with Gasteiger partial charge in [-0.2, -0.15) is 0 Å². The monoisotopic (exact) mass is 300 g/mol. The Kier molecular flexibility index (Phi) is 5.41. The summed E-state index contributed by atoms with van der Waals surface area (Å²) in [7, 11) is 2.13. The minimum Gasteiger partial charge on any atom is -0.349 e. The number of rotatable bonds is 3. The first-order valence-corrected chi connectivity index (χ1v) is 8.12. The molecule has 1 aliphatic rings. The Hall–Kier alpha value is -1.61. The molecule has 0 spiro atoms. The van der Waals surface area contributed by atoms with E-state index in [0.29, 0.717) is 6.04 Å². The number of hydrogen-bond donors (Lipinski definition) is 1. The zero-order valence-electron chi connectivity index (χ0n) is 14.2. The lowest BCUT2D eigenvalue weighted by molar-refractivity contribution is 0.0917. The van der Waals surface area contributed by atoms with E-state index in [-0.39, 0.29) is 11.3 Å². The largest absolute Gasteiger partial charge is 0.349 e. The zero-order chi connectivity index (χ0) is 16.2. The molecule has 1 saturated heterocycles. The summed E-state index contributed by atoms with van der Waals surface area (Å²) in [6, 6.07) is 8.14. The molecule has 1 heterocycles. The van der Waals surface area contributed by atoms with E-state index in [2.05, 4.69) is 50.2 Å². The summed E-state index contributed by atoms with van der Waals surface area (Å²) in [5.41, 5.74) is 2.04. The molecule has 120 valence electrons. The van der Waals surface area contributed by atoms with Gasteiger partial charge in [-0.1, -0.05) is 45.1 Å². The molecule has 0 radical (unpaired) electrons. The van der Waals surface area contributed by atoms with Crippen molar-refractivity contribution in [3.8, 4) is 0 Å². The molecule has 3 heteroatoms. The number of amides is 1. The predicted octanol–water partition coefficient (Wildman–Crippen LogP) is 3.57. The molecule has 1 fully saturated rings. The summed E-state index contributed by atoms with van der Waals surface area (Å²) in [6.45, 7) is 8.63. The Labute approximate surface area is 134 Å². The third-order valence-electron chi connectivity index (χ3n) is 4.00. The van der Waals surface area contributed by atoms with Crippen molar-refractivity contribution in [3.63, 3.8) is 0 Å². The van der Waals surface area contributed by atoms with E-state index < -0.39 is 0 Å². The second kappa shape index (κ2) is 7.10. The maximum atomic E-state index is 12.3. The number of likely N-dealkylation sites (tertiary alicyclic amines) is 1. The molecule has 3 nitrogen and oxygen atoms in total. The van der Waals surface area contributed by atoms with Crippen molar-refractivity contribution in [2.24, 2.45) is 5.41 Å². The number of piperidine rings is 1. The van der Waals surface area contributed by atoms with Gasteiger partial charge >= 0.3 is 0 Å². The van der Waals surface area contributed by atoms with E-state index >= 15 is 0 Å². The lowest BCUT2D eigenvalue weighted by Gasteiger charge is -2.29.